The van der Waals surface area contributed by atoms with Gasteiger partial charge in [0, 0.05) is 12.5 Å². The van der Waals surface area contributed by atoms with Gasteiger partial charge in [0.25, 0.3) is 0 Å². The number of fused-ring (bicyclic) bond motifs is 1. The van der Waals surface area contributed by atoms with Crippen LogP contribution in [0.15, 0.2) is 42.0 Å². The molecule has 0 spiro atoms. The van der Waals surface area contributed by atoms with E-state index in [9.17, 15) is 9.90 Å². The molecule has 1 aromatic carbocycles. The highest BCUT2D eigenvalue weighted by molar-refractivity contribution is 5.72. The van der Waals surface area contributed by atoms with Gasteiger partial charge in [-0.2, -0.15) is 0 Å². The summed E-state index contributed by atoms with van der Waals surface area (Å²) in [7, 11) is 2.14. The van der Waals surface area contributed by atoms with Gasteiger partial charge in [0.1, 0.15) is 0 Å². The van der Waals surface area contributed by atoms with Gasteiger partial charge in [0.2, 0.25) is 0 Å². The Hall–Kier alpha value is -1.61. The van der Waals surface area contributed by atoms with E-state index in [1.165, 1.54) is 5.57 Å². The van der Waals surface area contributed by atoms with Crippen molar-refractivity contribution in [1.29, 1.82) is 0 Å². The number of likely N-dealkylation sites (tertiary alicyclic amines) is 1. The first-order valence-electron chi connectivity index (χ1n) is 7.32. The predicted molar refractivity (Wildman–Crippen MR) is 78.6 cm³/mol. The van der Waals surface area contributed by atoms with E-state index in [0.29, 0.717) is 5.92 Å². The van der Waals surface area contributed by atoms with Crippen LogP contribution in [0.2, 0.25) is 0 Å². The predicted octanol–water partition coefficient (Wildman–Crippen LogP) is 2.75. The van der Waals surface area contributed by atoms with Gasteiger partial charge < -0.3 is 10.0 Å². The highest BCUT2D eigenvalue weighted by atomic mass is 16.4. The van der Waals surface area contributed by atoms with Crippen LogP contribution >= 0.6 is 0 Å². The third-order valence-corrected chi connectivity index (χ3v) is 4.70. The average Bonchev–Trinajstić information content (AvgIpc) is 2.46. The highest BCUT2D eigenvalue weighted by Crippen LogP contribution is 2.42. The quantitative estimate of drug-likeness (QED) is 0.841. The second kappa shape index (κ2) is 5.41. The van der Waals surface area contributed by atoms with Crippen LogP contribution in [0.1, 0.15) is 24.3 Å². The highest BCUT2D eigenvalue weighted by Gasteiger charge is 2.37. The number of likely N-dealkylation sites (N-methyl/N-ethyl adjacent to an activating group) is 1. The molecule has 1 aliphatic heterocycles. The van der Waals surface area contributed by atoms with E-state index in [1.807, 2.05) is 30.3 Å². The summed E-state index contributed by atoms with van der Waals surface area (Å²) < 4.78 is 0. The molecule has 20 heavy (non-hydrogen) atoms. The van der Waals surface area contributed by atoms with Crippen molar-refractivity contribution >= 4 is 5.97 Å². The number of carboxylic acid groups (broad SMARTS) is 1. The Balaban J connectivity index is 1.96. The molecule has 0 radical (unpaired) electrons. The Labute approximate surface area is 119 Å². The van der Waals surface area contributed by atoms with Crippen LogP contribution in [0, 0.1) is 11.8 Å². The van der Waals surface area contributed by atoms with Crippen molar-refractivity contribution in [2.24, 2.45) is 11.8 Å². The molecule has 0 saturated carbocycles. The Kier molecular flexibility index (Phi) is 3.62. The number of benzene rings is 1. The molecule has 3 atom stereocenters. The van der Waals surface area contributed by atoms with Gasteiger partial charge in [-0.3, -0.25) is 4.79 Å². The van der Waals surface area contributed by atoms with Gasteiger partial charge in [0.15, 0.2) is 0 Å². The maximum Gasteiger partial charge on any atom is 0.307 e. The number of piperidine rings is 1. The molecule has 106 valence electrons. The summed E-state index contributed by atoms with van der Waals surface area (Å²) in [6, 6.07) is 10.1. The van der Waals surface area contributed by atoms with Crippen molar-refractivity contribution in [3.05, 3.63) is 47.5 Å². The lowest BCUT2D eigenvalue weighted by Crippen LogP contribution is -2.38. The second-order valence-corrected chi connectivity index (χ2v) is 6.08. The van der Waals surface area contributed by atoms with Crippen LogP contribution in [0.3, 0.4) is 0 Å². The minimum Gasteiger partial charge on any atom is -0.481 e. The van der Waals surface area contributed by atoms with Crippen LogP contribution in [-0.2, 0) is 4.79 Å². The molecule has 1 aromatic rings. The summed E-state index contributed by atoms with van der Waals surface area (Å²) in [5, 5.41) is 9.57. The zero-order chi connectivity index (χ0) is 14.1. The molecule has 0 bridgehead atoms. The van der Waals surface area contributed by atoms with E-state index < -0.39 is 5.97 Å². The lowest BCUT2D eigenvalue weighted by Gasteiger charge is -2.39. The molecule has 3 nitrogen and oxygen atoms in total. The summed E-state index contributed by atoms with van der Waals surface area (Å²) >= 11 is 0. The van der Waals surface area contributed by atoms with Crippen molar-refractivity contribution in [2.45, 2.75) is 18.8 Å². The van der Waals surface area contributed by atoms with E-state index >= 15 is 0 Å². The minimum atomic E-state index is -0.659. The Morgan fingerprint density at radius 3 is 2.75 bits per heavy atom. The van der Waals surface area contributed by atoms with Crippen LogP contribution in [0.25, 0.3) is 0 Å². The number of allylic oxidation sites excluding steroid dienone is 1. The molecule has 0 amide bonds. The first kappa shape index (κ1) is 13.4. The lowest BCUT2D eigenvalue weighted by molar-refractivity contribution is -0.143. The fourth-order valence-electron chi connectivity index (χ4n) is 3.60. The number of rotatable bonds is 2. The number of aliphatic carboxylic acids is 1. The lowest BCUT2D eigenvalue weighted by atomic mass is 9.70. The molecule has 2 aliphatic rings. The number of hydrogen-bond donors (Lipinski definition) is 1. The maximum atomic E-state index is 11.6. The van der Waals surface area contributed by atoms with Crippen LogP contribution in [-0.4, -0.2) is 36.1 Å². The van der Waals surface area contributed by atoms with Crippen LogP contribution in [0.4, 0.5) is 0 Å². The molecule has 3 rings (SSSR count). The SMILES string of the molecule is CN1CCC2CC(C(=O)O)C(c3ccccc3)C=C2C1. The summed E-state index contributed by atoms with van der Waals surface area (Å²) in [6.45, 7) is 2.06. The topological polar surface area (TPSA) is 40.5 Å². The minimum absolute atomic E-state index is 0.0199. The second-order valence-electron chi connectivity index (χ2n) is 6.08. The first-order valence-corrected chi connectivity index (χ1v) is 7.32. The van der Waals surface area contributed by atoms with Gasteiger partial charge in [-0.25, -0.2) is 0 Å². The van der Waals surface area contributed by atoms with Crippen molar-refractivity contribution in [2.75, 3.05) is 20.1 Å². The summed E-state index contributed by atoms with van der Waals surface area (Å²) in [5.74, 6) is -0.457. The fraction of sp³-hybridized carbons (Fsp3) is 0.471. The number of carbonyl (C=O) groups is 1. The molecule has 1 heterocycles. The van der Waals surface area contributed by atoms with E-state index in [1.54, 1.807) is 0 Å². The van der Waals surface area contributed by atoms with Crippen LogP contribution < -0.4 is 0 Å². The molecular weight excluding hydrogens is 250 g/mol. The number of hydrogen-bond acceptors (Lipinski definition) is 2. The molecule has 1 N–H and O–H groups in total. The van der Waals surface area contributed by atoms with E-state index in [2.05, 4.69) is 18.0 Å². The fourth-order valence-corrected chi connectivity index (χ4v) is 3.60. The van der Waals surface area contributed by atoms with Crippen LogP contribution in [0.5, 0.6) is 0 Å². The number of nitrogens with zero attached hydrogens (tertiary/aromatic N) is 1. The van der Waals surface area contributed by atoms with Crippen molar-refractivity contribution in [3.8, 4) is 0 Å². The molecule has 1 aliphatic carbocycles. The average molecular weight is 271 g/mol. The standard InChI is InChI=1S/C17H21NO2/c1-18-8-7-13-9-16(17(19)20)15(10-14(13)11-18)12-5-3-2-4-6-12/h2-6,10,13,15-16H,7-9,11H2,1H3,(H,19,20). The van der Waals surface area contributed by atoms with Gasteiger partial charge in [-0.05, 0) is 37.9 Å². The van der Waals surface area contributed by atoms with E-state index in [0.717, 1.165) is 31.5 Å². The third kappa shape index (κ3) is 2.50. The van der Waals surface area contributed by atoms with Gasteiger partial charge >= 0.3 is 5.97 Å². The molecule has 1 saturated heterocycles. The third-order valence-electron chi connectivity index (χ3n) is 4.70. The van der Waals surface area contributed by atoms with Gasteiger partial charge in [-0.1, -0.05) is 42.0 Å². The largest absolute Gasteiger partial charge is 0.481 e. The van der Waals surface area contributed by atoms with Gasteiger partial charge in [0.05, 0.1) is 5.92 Å². The molecule has 3 unspecified atom stereocenters. The Morgan fingerprint density at radius 1 is 1.30 bits per heavy atom. The summed E-state index contributed by atoms with van der Waals surface area (Å²) in [5.41, 5.74) is 2.56. The van der Waals surface area contributed by atoms with E-state index in [4.69, 9.17) is 0 Å². The smallest absolute Gasteiger partial charge is 0.307 e. The zero-order valence-corrected chi connectivity index (χ0v) is 11.8. The van der Waals surface area contributed by atoms with Crippen molar-refractivity contribution in [3.63, 3.8) is 0 Å². The van der Waals surface area contributed by atoms with Crippen molar-refractivity contribution < 1.29 is 9.90 Å². The van der Waals surface area contributed by atoms with Gasteiger partial charge in [-0.15, -0.1) is 0 Å². The maximum absolute atomic E-state index is 11.6. The Morgan fingerprint density at radius 2 is 2.05 bits per heavy atom. The number of carboxylic acids is 1. The molecule has 0 aromatic heterocycles. The normalized spacial score (nSPS) is 30.4. The zero-order valence-electron chi connectivity index (χ0n) is 11.8. The van der Waals surface area contributed by atoms with Crippen molar-refractivity contribution in [1.82, 2.24) is 4.90 Å². The summed E-state index contributed by atoms with van der Waals surface area (Å²) in [4.78, 5) is 14.0. The molecule has 1 fully saturated rings. The molecular formula is C17H21NO2. The Bertz CT molecular complexity index is 523. The first-order chi connectivity index (χ1) is 9.65. The summed E-state index contributed by atoms with van der Waals surface area (Å²) in [6.07, 6.45) is 4.11. The van der Waals surface area contributed by atoms with E-state index in [-0.39, 0.29) is 11.8 Å². The monoisotopic (exact) mass is 271 g/mol. The molecule has 3 heteroatoms.